The summed E-state index contributed by atoms with van der Waals surface area (Å²) in [5.74, 6) is 0.125. The Hall–Kier alpha value is -3.22. The summed E-state index contributed by atoms with van der Waals surface area (Å²) >= 11 is 0. The molecule has 0 atom stereocenters. The maximum atomic E-state index is 12.4. The maximum Gasteiger partial charge on any atom is 0.274 e. The van der Waals surface area contributed by atoms with Crippen LogP contribution in [0.4, 0.5) is 0 Å². The first-order valence-corrected chi connectivity index (χ1v) is 7.84. The molecule has 1 N–H and O–H groups in total. The molecule has 2 heterocycles. The van der Waals surface area contributed by atoms with Crippen LogP contribution in [-0.4, -0.2) is 34.3 Å². The normalized spacial score (nSPS) is 10.6. The highest BCUT2D eigenvalue weighted by Crippen LogP contribution is 2.17. The quantitative estimate of drug-likeness (QED) is 0.762. The molecule has 0 radical (unpaired) electrons. The molecule has 1 amide bonds. The Morgan fingerprint density at radius 3 is 2.88 bits per heavy atom. The van der Waals surface area contributed by atoms with Crippen LogP contribution in [0.15, 0.2) is 47.5 Å². The number of carbonyl (C=O) groups is 1. The summed E-state index contributed by atoms with van der Waals surface area (Å²) in [6.07, 6.45) is 3.16. The van der Waals surface area contributed by atoms with E-state index in [2.05, 4.69) is 15.4 Å². The topological polar surface area (TPSA) is 86.1 Å². The SMILES string of the molecule is COc1cnc(C)cc1C(=O)NCCn1ncc2ccccc2c1=O. The third-order valence-corrected chi connectivity index (χ3v) is 3.84. The van der Waals surface area contributed by atoms with Gasteiger partial charge in [0, 0.05) is 17.6 Å². The first kappa shape index (κ1) is 16.6. The van der Waals surface area contributed by atoms with Crippen LogP contribution in [0.2, 0.25) is 0 Å². The number of rotatable bonds is 5. The van der Waals surface area contributed by atoms with Gasteiger partial charge in [-0.3, -0.25) is 14.6 Å². The van der Waals surface area contributed by atoms with Gasteiger partial charge in [-0.2, -0.15) is 5.10 Å². The summed E-state index contributed by atoms with van der Waals surface area (Å²) in [6.45, 7) is 2.35. The molecule has 3 aromatic rings. The lowest BCUT2D eigenvalue weighted by Gasteiger charge is -2.10. The second-order valence-corrected chi connectivity index (χ2v) is 5.54. The van der Waals surface area contributed by atoms with Crippen molar-refractivity contribution >= 4 is 16.7 Å². The van der Waals surface area contributed by atoms with E-state index in [1.54, 1.807) is 25.3 Å². The molecule has 7 nitrogen and oxygen atoms in total. The average Bonchev–Trinajstić information content (AvgIpc) is 2.63. The van der Waals surface area contributed by atoms with Crippen molar-refractivity contribution in [2.24, 2.45) is 0 Å². The number of aromatic nitrogens is 3. The molecule has 0 aliphatic carbocycles. The molecule has 7 heteroatoms. The van der Waals surface area contributed by atoms with Crippen LogP contribution in [0.5, 0.6) is 5.75 Å². The van der Waals surface area contributed by atoms with E-state index < -0.39 is 0 Å². The third kappa shape index (κ3) is 3.50. The average molecular weight is 338 g/mol. The standard InChI is InChI=1S/C18H18N4O3/c1-12-9-15(16(25-2)11-20-12)17(23)19-7-8-22-18(24)14-6-4-3-5-13(14)10-21-22/h3-6,9-11H,7-8H2,1-2H3,(H,19,23). The predicted molar refractivity (Wildman–Crippen MR) is 93.9 cm³/mol. The van der Waals surface area contributed by atoms with Gasteiger partial charge in [0.25, 0.3) is 11.5 Å². The molecule has 0 saturated carbocycles. The van der Waals surface area contributed by atoms with Crippen molar-refractivity contribution in [3.8, 4) is 5.75 Å². The largest absolute Gasteiger partial charge is 0.494 e. The smallest absolute Gasteiger partial charge is 0.274 e. The Morgan fingerprint density at radius 2 is 2.08 bits per heavy atom. The van der Waals surface area contributed by atoms with Gasteiger partial charge in [0.1, 0.15) is 5.75 Å². The molecule has 1 aromatic carbocycles. The molecule has 0 spiro atoms. The number of aryl methyl sites for hydroxylation is 1. The van der Waals surface area contributed by atoms with Crippen LogP contribution in [0.25, 0.3) is 10.8 Å². The molecule has 0 bridgehead atoms. The molecule has 0 aliphatic rings. The van der Waals surface area contributed by atoms with Crippen LogP contribution in [0.1, 0.15) is 16.1 Å². The van der Waals surface area contributed by atoms with E-state index in [1.807, 2.05) is 18.2 Å². The van der Waals surface area contributed by atoms with Gasteiger partial charge in [-0.15, -0.1) is 0 Å². The van der Waals surface area contributed by atoms with Crippen molar-refractivity contribution in [2.75, 3.05) is 13.7 Å². The number of carbonyl (C=O) groups excluding carboxylic acids is 1. The zero-order valence-electron chi connectivity index (χ0n) is 14.0. The van der Waals surface area contributed by atoms with Gasteiger partial charge in [-0.05, 0) is 19.1 Å². The van der Waals surface area contributed by atoms with Crippen LogP contribution in [0, 0.1) is 6.92 Å². The summed E-state index contributed by atoms with van der Waals surface area (Å²) in [4.78, 5) is 28.8. The van der Waals surface area contributed by atoms with Crippen molar-refractivity contribution in [3.05, 3.63) is 64.3 Å². The van der Waals surface area contributed by atoms with Crippen LogP contribution >= 0.6 is 0 Å². The molecule has 25 heavy (non-hydrogen) atoms. The minimum Gasteiger partial charge on any atom is -0.494 e. The number of amides is 1. The highest BCUT2D eigenvalue weighted by Gasteiger charge is 2.13. The predicted octanol–water partition coefficient (Wildman–Crippen LogP) is 1.54. The van der Waals surface area contributed by atoms with Crippen LogP contribution < -0.4 is 15.6 Å². The zero-order chi connectivity index (χ0) is 17.8. The van der Waals surface area contributed by atoms with Gasteiger partial charge in [-0.25, -0.2) is 4.68 Å². The van der Waals surface area contributed by atoms with Crippen LogP contribution in [-0.2, 0) is 6.54 Å². The fraction of sp³-hybridized carbons (Fsp3) is 0.222. The van der Waals surface area contributed by atoms with Crippen LogP contribution in [0.3, 0.4) is 0 Å². The lowest BCUT2D eigenvalue weighted by molar-refractivity contribution is 0.0948. The molecular formula is C18H18N4O3. The highest BCUT2D eigenvalue weighted by atomic mass is 16.5. The third-order valence-electron chi connectivity index (χ3n) is 3.84. The van der Waals surface area contributed by atoms with E-state index in [4.69, 9.17) is 4.74 Å². The van der Waals surface area contributed by atoms with Gasteiger partial charge in [0.15, 0.2) is 0 Å². The van der Waals surface area contributed by atoms with E-state index in [9.17, 15) is 9.59 Å². The maximum absolute atomic E-state index is 12.4. The first-order valence-electron chi connectivity index (χ1n) is 7.84. The zero-order valence-corrected chi connectivity index (χ0v) is 14.0. The molecule has 0 aliphatic heterocycles. The first-order chi connectivity index (χ1) is 12.1. The Bertz CT molecular complexity index is 981. The molecule has 0 saturated heterocycles. The summed E-state index contributed by atoms with van der Waals surface area (Å²) in [5.41, 5.74) is 0.955. The summed E-state index contributed by atoms with van der Waals surface area (Å²) in [6, 6.07) is 8.94. The van der Waals surface area contributed by atoms with E-state index in [1.165, 1.54) is 18.0 Å². The molecular weight excluding hydrogens is 320 g/mol. The summed E-state index contributed by atoms with van der Waals surface area (Å²) < 4.78 is 6.51. The monoisotopic (exact) mass is 338 g/mol. The van der Waals surface area contributed by atoms with Crippen molar-refractivity contribution in [2.45, 2.75) is 13.5 Å². The number of nitrogens with one attached hydrogen (secondary N) is 1. The van der Waals surface area contributed by atoms with E-state index in [-0.39, 0.29) is 24.6 Å². The Balaban J connectivity index is 1.71. The van der Waals surface area contributed by atoms with E-state index in [0.29, 0.717) is 16.7 Å². The number of hydrogen-bond acceptors (Lipinski definition) is 5. The van der Waals surface area contributed by atoms with Crippen molar-refractivity contribution < 1.29 is 9.53 Å². The summed E-state index contributed by atoms with van der Waals surface area (Å²) in [5, 5.41) is 8.32. The minimum atomic E-state index is -0.281. The molecule has 2 aromatic heterocycles. The molecule has 0 fully saturated rings. The number of pyridine rings is 1. The number of fused-ring (bicyclic) bond motifs is 1. The van der Waals surface area contributed by atoms with Gasteiger partial charge >= 0.3 is 0 Å². The van der Waals surface area contributed by atoms with Gasteiger partial charge < -0.3 is 10.1 Å². The van der Waals surface area contributed by atoms with Crippen molar-refractivity contribution in [3.63, 3.8) is 0 Å². The lowest BCUT2D eigenvalue weighted by atomic mass is 10.2. The Morgan fingerprint density at radius 1 is 1.28 bits per heavy atom. The fourth-order valence-electron chi connectivity index (χ4n) is 2.54. The number of benzene rings is 1. The second kappa shape index (κ2) is 7.12. The second-order valence-electron chi connectivity index (χ2n) is 5.54. The van der Waals surface area contributed by atoms with Gasteiger partial charge in [0.2, 0.25) is 0 Å². The fourth-order valence-corrected chi connectivity index (χ4v) is 2.54. The van der Waals surface area contributed by atoms with E-state index >= 15 is 0 Å². The van der Waals surface area contributed by atoms with Crippen molar-refractivity contribution in [1.82, 2.24) is 20.1 Å². The summed E-state index contributed by atoms with van der Waals surface area (Å²) in [7, 11) is 1.49. The Kier molecular flexibility index (Phi) is 4.74. The molecule has 0 unspecified atom stereocenters. The number of nitrogens with zero attached hydrogens (tertiary/aromatic N) is 3. The number of ether oxygens (including phenoxy) is 1. The number of hydrogen-bond donors (Lipinski definition) is 1. The highest BCUT2D eigenvalue weighted by molar-refractivity contribution is 5.96. The lowest BCUT2D eigenvalue weighted by Crippen LogP contribution is -2.32. The van der Waals surface area contributed by atoms with Gasteiger partial charge in [0.05, 0.1) is 37.0 Å². The Labute approximate surface area is 144 Å². The number of methoxy groups -OCH3 is 1. The molecule has 3 rings (SSSR count). The molecule has 128 valence electrons. The van der Waals surface area contributed by atoms with E-state index in [0.717, 1.165) is 11.1 Å². The van der Waals surface area contributed by atoms with Crippen molar-refractivity contribution in [1.29, 1.82) is 0 Å². The van der Waals surface area contributed by atoms with Gasteiger partial charge in [-0.1, -0.05) is 18.2 Å². The minimum absolute atomic E-state index is 0.176.